The van der Waals surface area contributed by atoms with Crippen LogP contribution in [0.1, 0.15) is 41.3 Å². The van der Waals surface area contributed by atoms with Crippen molar-refractivity contribution >= 4 is 23.7 Å². The van der Waals surface area contributed by atoms with Crippen molar-refractivity contribution in [2.45, 2.75) is 32.4 Å². The molecule has 0 spiro atoms. The van der Waals surface area contributed by atoms with Gasteiger partial charge in [-0.05, 0) is 12.0 Å². The third-order valence-electron chi connectivity index (χ3n) is 4.33. The lowest BCUT2D eigenvalue weighted by atomic mass is 10.0. The van der Waals surface area contributed by atoms with Gasteiger partial charge in [0.1, 0.15) is 10.8 Å². The molecule has 132 valence electrons. The van der Waals surface area contributed by atoms with Gasteiger partial charge in [-0.25, -0.2) is 4.98 Å². The molecule has 2 heterocycles. The van der Waals surface area contributed by atoms with E-state index in [4.69, 9.17) is 4.74 Å². The molecule has 0 radical (unpaired) electrons. The summed E-state index contributed by atoms with van der Waals surface area (Å²) < 4.78 is 5.57. The highest BCUT2D eigenvalue weighted by Gasteiger charge is 2.26. The number of benzene rings is 1. The molecule has 0 bridgehead atoms. The second-order valence-corrected chi connectivity index (χ2v) is 7.39. The van der Waals surface area contributed by atoms with Crippen LogP contribution in [0.2, 0.25) is 0 Å². The molecule has 24 heavy (non-hydrogen) atoms. The number of methoxy groups -OCH3 is 1. The lowest BCUT2D eigenvalue weighted by molar-refractivity contribution is 0.151. The fraction of sp³-hybridized carbons (Fsp3) is 0.500. The number of aromatic nitrogens is 1. The van der Waals surface area contributed by atoms with Crippen LogP contribution in [0.15, 0.2) is 30.5 Å². The maximum absolute atomic E-state index is 5.57. The molecular weight excluding hydrogens is 342 g/mol. The number of rotatable bonds is 5. The average molecular weight is 368 g/mol. The first kappa shape index (κ1) is 19.2. The number of piperazine rings is 1. The Labute approximate surface area is 154 Å². The molecule has 0 aliphatic carbocycles. The lowest BCUT2D eigenvalue weighted by Gasteiger charge is -2.36. The first-order valence-corrected chi connectivity index (χ1v) is 9.03. The number of halogens is 1. The summed E-state index contributed by atoms with van der Waals surface area (Å²) in [7, 11) is 1.75. The van der Waals surface area contributed by atoms with E-state index in [0.717, 1.165) is 31.9 Å². The van der Waals surface area contributed by atoms with Crippen LogP contribution < -0.4 is 10.1 Å². The number of nitrogens with one attached hydrogen (secondary N) is 1. The van der Waals surface area contributed by atoms with E-state index >= 15 is 0 Å². The Morgan fingerprint density at radius 2 is 2.17 bits per heavy atom. The van der Waals surface area contributed by atoms with Crippen molar-refractivity contribution in [1.29, 1.82) is 0 Å². The first-order chi connectivity index (χ1) is 11.2. The monoisotopic (exact) mass is 367 g/mol. The predicted octanol–water partition coefficient (Wildman–Crippen LogP) is 3.84. The standard InChI is InChI=1S/C18H25N3OS.ClH/c1-13(2)17-11-20-18(23-17)12-21-9-8-19-10-15(21)14-6-4-5-7-16(14)22-3;/h4-7,11,13,15,19H,8-10,12H2,1-3H3;1H. The maximum atomic E-state index is 5.57. The van der Waals surface area contributed by atoms with Gasteiger partial charge in [-0.2, -0.15) is 0 Å². The van der Waals surface area contributed by atoms with E-state index in [1.807, 2.05) is 29.7 Å². The molecule has 0 amide bonds. The van der Waals surface area contributed by atoms with Gasteiger partial charge in [-0.3, -0.25) is 4.90 Å². The second-order valence-electron chi connectivity index (χ2n) is 6.24. The third kappa shape index (κ3) is 4.28. The zero-order valence-electron chi connectivity index (χ0n) is 14.5. The Hall–Kier alpha value is -1.14. The summed E-state index contributed by atoms with van der Waals surface area (Å²) in [4.78, 5) is 8.50. The number of thiazole rings is 1. The van der Waals surface area contributed by atoms with Crippen LogP contribution in [0.4, 0.5) is 0 Å². The van der Waals surface area contributed by atoms with E-state index < -0.39 is 0 Å². The third-order valence-corrected chi connectivity index (χ3v) is 5.61. The highest BCUT2D eigenvalue weighted by Crippen LogP contribution is 2.32. The van der Waals surface area contributed by atoms with Crippen LogP contribution in [0.5, 0.6) is 5.75 Å². The fourth-order valence-corrected chi connectivity index (χ4v) is 3.97. The van der Waals surface area contributed by atoms with Crippen molar-refractivity contribution in [3.8, 4) is 5.75 Å². The van der Waals surface area contributed by atoms with Crippen molar-refractivity contribution in [3.05, 3.63) is 45.9 Å². The van der Waals surface area contributed by atoms with Gasteiger partial charge in [0.2, 0.25) is 0 Å². The topological polar surface area (TPSA) is 37.4 Å². The van der Waals surface area contributed by atoms with Gasteiger partial charge >= 0.3 is 0 Å². The Morgan fingerprint density at radius 3 is 2.88 bits per heavy atom. The number of hydrogen-bond donors (Lipinski definition) is 1. The van der Waals surface area contributed by atoms with Gasteiger partial charge in [-0.1, -0.05) is 32.0 Å². The zero-order chi connectivity index (χ0) is 16.2. The Balaban J connectivity index is 0.00000208. The van der Waals surface area contributed by atoms with E-state index in [2.05, 4.69) is 41.2 Å². The molecular formula is C18H26ClN3OS. The average Bonchev–Trinajstić information content (AvgIpc) is 3.04. The summed E-state index contributed by atoms with van der Waals surface area (Å²) >= 11 is 1.84. The summed E-state index contributed by atoms with van der Waals surface area (Å²) in [6.45, 7) is 8.34. The largest absolute Gasteiger partial charge is 0.496 e. The van der Waals surface area contributed by atoms with Gasteiger partial charge in [0.25, 0.3) is 0 Å². The molecule has 1 aromatic heterocycles. The van der Waals surface area contributed by atoms with E-state index in [9.17, 15) is 0 Å². The molecule has 1 aromatic carbocycles. The Bertz CT molecular complexity index is 647. The van der Waals surface area contributed by atoms with Gasteiger partial charge in [-0.15, -0.1) is 23.7 Å². The molecule has 6 heteroatoms. The molecule has 4 nitrogen and oxygen atoms in total. The summed E-state index contributed by atoms with van der Waals surface area (Å²) in [5.74, 6) is 1.52. The smallest absolute Gasteiger partial charge is 0.123 e. The minimum atomic E-state index is 0. The molecule has 1 atom stereocenters. The quantitative estimate of drug-likeness (QED) is 0.871. The first-order valence-electron chi connectivity index (χ1n) is 8.21. The van der Waals surface area contributed by atoms with Crippen LogP contribution >= 0.6 is 23.7 Å². The van der Waals surface area contributed by atoms with Crippen molar-refractivity contribution in [2.24, 2.45) is 0 Å². The summed E-state index contributed by atoms with van der Waals surface area (Å²) in [5.41, 5.74) is 1.25. The summed E-state index contributed by atoms with van der Waals surface area (Å²) in [5, 5.41) is 4.71. The van der Waals surface area contributed by atoms with Crippen molar-refractivity contribution in [1.82, 2.24) is 15.2 Å². The minimum Gasteiger partial charge on any atom is -0.496 e. The van der Waals surface area contributed by atoms with Crippen molar-refractivity contribution < 1.29 is 4.74 Å². The second kappa shape index (κ2) is 8.81. The van der Waals surface area contributed by atoms with Crippen molar-refractivity contribution in [3.63, 3.8) is 0 Å². The number of nitrogens with zero attached hydrogens (tertiary/aromatic N) is 2. The van der Waals surface area contributed by atoms with E-state index in [1.54, 1.807) is 7.11 Å². The van der Waals surface area contributed by atoms with Crippen LogP contribution in [0, 0.1) is 0 Å². The van der Waals surface area contributed by atoms with Crippen LogP contribution in [0.25, 0.3) is 0 Å². The van der Waals surface area contributed by atoms with E-state index in [1.165, 1.54) is 15.4 Å². The number of ether oxygens (including phenoxy) is 1. The number of hydrogen-bond acceptors (Lipinski definition) is 5. The molecule has 1 aliphatic heterocycles. The number of para-hydroxylation sites is 1. The molecule has 1 N–H and O–H groups in total. The molecule has 3 rings (SSSR count). The minimum absolute atomic E-state index is 0. The van der Waals surface area contributed by atoms with Gasteiger partial charge in [0, 0.05) is 36.3 Å². The Kier molecular flexibility index (Phi) is 7.04. The van der Waals surface area contributed by atoms with Crippen molar-refractivity contribution in [2.75, 3.05) is 26.7 Å². The van der Waals surface area contributed by atoms with Crippen LogP contribution in [-0.4, -0.2) is 36.6 Å². The maximum Gasteiger partial charge on any atom is 0.123 e. The molecule has 1 fully saturated rings. The van der Waals surface area contributed by atoms with E-state index in [0.29, 0.717) is 12.0 Å². The molecule has 1 saturated heterocycles. The van der Waals surface area contributed by atoms with Gasteiger partial charge < -0.3 is 10.1 Å². The van der Waals surface area contributed by atoms with Crippen LogP contribution in [-0.2, 0) is 6.54 Å². The highest BCUT2D eigenvalue weighted by atomic mass is 35.5. The van der Waals surface area contributed by atoms with Gasteiger partial charge in [0.15, 0.2) is 0 Å². The van der Waals surface area contributed by atoms with Gasteiger partial charge in [0.05, 0.1) is 19.7 Å². The Morgan fingerprint density at radius 1 is 1.38 bits per heavy atom. The lowest BCUT2D eigenvalue weighted by Crippen LogP contribution is -2.45. The fourth-order valence-electron chi connectivity index (χ4n) is 3.02. The SMILES string of the molecule is COc1ccccc1C1CNCCN1Cc1ncc(C(C)C)s1.Cl. The molecule has 1 unspecified atom stereocenters. The normalized spacial score (nSPS) is 18.4. The van der Waals surface area contributed by atoms with Crippen LogP contribution in [0.3, 0.4) is 0 Å². The summed E-state index contributed by atoms with van der Waals surface area (Å²) in [6.07, 6.45) is 2.03. The van der Waals surface area contributed by atoms with E-state index in [-0.39, 0.29) is 12.4 Å². The highest BCUT2D eigenvalue weighted by molar-refractivity contribution is 7.11. The molecule has 2 aromatic rings. The summed E-state index contributed by atoms with van der Waals surface area (Å²) in [6, 6.07) is 8.66. The molecule has 0 saturated carbocycles. The zero-order valence-corrected chi connectivity index (χ0v) is 16.1. The molecule has 1 aliphatic rings. The predicted molar refractivity (Wildman–Crippen MR) is 102 cm³/mol.